The second-order valence-electron chi connectivity index (χ2n) is 4.38. The molecule has 1 saturated heterocycles. The lowest BCUT2D eigenvalue weighted by molar-refractivity contribution is -0.384. The van der Waals surface area contributed by atoms with E-state index in [9.17, 15) is 10.1 Å². The van der Waals surface area contributed by atoms with E-state index in [1.165, 1.54) is 18.3 Å². The van der Waals surface area contributed by atoms with Gasteiger partial charge in [0.25, 0.3) is 5.69 Å². The summed E-state index contributed by atoms with van der Waals surface area (Å²) in [6, 6.07) is 3.25. The van der Waals surface area contributed by atoms with Gasteiger partial charge >= 0.3 is 0 Å². The summed E-state index contributed by atoms with van der Waals surface area (Å²) in [5.74, 6) is 0.591. The fourth-order valence-corrected chi connectivity index (χ4v) is 1.97. The highest BCUT2D eigenvalue weighted by Crippen LogP contribution is 2.18. The standard InChI is InChI=1S/C11H16N4O2/c1-14-6-3-9(4-7-14)13-11-8-10(15(16)17)2-5-12-11/h2,5,8-9H,3-4,6-7H2,1H3,(H,12,13). The second kappa shape index (κ2) is 5.09. The molecule has 0 spiro atoms. The van der Waals surface area contributed by atoms with Crippen molar-refractivity contribution in [3.05, 3.63) is 28.4 Å². The zero-order valence-electron chi connectivity index (χ0n) is 9.80. The van der Waals surface area contributed by atoms with E-state index in [2.05, 4.69) is 22.2 Å². The third-order valence-corrected chi connectivity index (χ3v) is 3.02. The first-order chi connectivity index (χ1) is 8.15. The number of piperidine rings is 1. The number of hydrogen-bond donors (Lipinski definition) is 1. The molecule has 6 nitrogen and oxygen atoms in total. The van der Waals surface area contributed by atoms with Crippen molar-refractivity contribution in [1.29, 1.82) is 0 Å². The van der Waals surface area contributed by atoms with Crippen LogP contribution >= 0.6 is 0 Å². The average molecular weight is 236 g/mol. The number of nitro groups is 1. The molecular formula is C11H16N4O2. The van der Waals surface area contributed by atoms with Gasteiger partial charge in [-0.25, -0.2) is 4.98 Å². The molecule has 0 atom stereocenters. The number of nitrogens with zero attached hydrogens (tertiary/aromatic N) is 3. The van der Waals surface area contributed by atoms with Crippen molar-refractivity contribution in [2.75, 3.05) is 25.5 Å². The molecule has 1 aliphatic rings. The van der Waals surface area contributed by atoms with Gasteiger partial charge in [-0.15, -0.1) is 0 Å². The Morgan fingerprint density at radius 2 is 2.24 bits per heavy atom. The Morgan fingerprint density at radius 3 is 2.88 bits per heavy atom. The Kier molecular flexibility index (Phi) is 3.53. The Labute approximate surface area is 99.8 Å². The minimum Gasteiger partial charge on any atom is -0.367 e. The molecule has 1 N–H and O–H groups in total. The van der Waals surface area contributed by atoms with Gasteiger partial charge in [0, 0.05) is 18.3 Å². The van der Waals surface area contributed by atoms with Crippen molar-refractivity contribution in [2.24, 2.45) is 0 Å². The Hall–Kier alpha value is -1.69. The van der Waals surface area contributed by atoms with Crippen LogP contribution in [0.25, 0.3) is 0 Å². The first-order valence-electron chi connectivity index (χ1n) is 5.70. The molecule has 1 aromatic rings. The maximum absolute atomic E-state index is 10.6. The number of hydrogen-bond acceptors (Lipinski definition) is 5. The highest BCUT2D eigenvalue weighted by atomic mass is 16.6. The molecule has 0 aliphatic carbocycles. The fourth-order valence-electron chi connectivity index (χ4n) is 1.97. The van der Waals surface area contributed by atoms with E-state index in [0.29, 0.717) is 11.9 Å². The van der Waals surface area contributed by atoms with E-state index >= 15 is 0 Å². The smallest absolute Gasteiger partial charge is 0.274 e. The maximum Gasteiger partial charge on any atom is 0.274 e. The molecule has 92 valence electrons. The molecule has 2 rings (SSSR count). The number of nitrogens with one attached hydrogen (secondary N) is 1. The molecule has 1 aliphatic heterocycles. The van der Waals surface area contributed by atoms with Crippen LogP contribution in [-0.2, 0) is 0 Å². The predicted molar refractivity (Wildman–Crippen MR) is 65.0 cm³/mol. The van der Waals surface area contributed by atoms with Gasteiger partial charge in [-0.1, -0.05) is 0 Å². The minimum atomic E-state index is -0.401. The van der Waals surface area contributed by atoms with Crippen LogP contribution < -0.4 is 5.32 Å². The molecule has 1 fully saturated rings. The van der Waals surface area contributed by atoms with E-state index in [1.54, 1.807) is 0 Å². The van der Waals surface area contributed by atoms with Crippen LogP contribution in [0.1, 0.15) is 12.8 Å². The normalized spacial score (nSPS) is 17.9. The fraction of sp³-hybridized carbons (Fsp3) is 0.545. The number of rotatable bonds is 3. The maximum atomic E-state index is 10.6. The molecule has 0 unspecified atom stereocenters. The van der Waals surface area contributed by atoms with Crippen LogP contribution in [0.5, 0.6) is 0 Å². The van der Waals surface area contributed by atoms with Crippen LogP contribution in [0, 0.1) is 10.1 Å². The van der Waals surface area contributed by atoms with E-state index in [4.69, 9.17) is 0 Å². The topological polar surface area (TPSA) is 71.3 Å². The molecule has 0 saturated carbocycles. The number of likely N-dealkylation sites (tertiary alicyclic amines) is 1. The summed E-state index contributed by atoms with van der Waals surface area (Å²) in [5.41, 5.74) is 0.0791. The summed E-state index contributed by atoms with van der Waals surface area (Å²) < 4.78 is 0. The molecule has 0 amide bonds. The quantitative estimate of drug-likeness (QED) is 0.636. The molecular weight excluding hydrogens is 220 g/mol. The van der Waals surface area contributed by atoms with E-state index in [0.717, 1.165) is 25.9 Å². The van der Waals surface area contributed by atoms with Gasteiger partial charge in [0.1, 0.15) is 5.82 Å². The third-order valence-electron chi connectivity index (χ3n) is 3.02. The zero-order chi connectivity index (χ0) is 12.3. The largest absolute Gasteiger partial charge is 0.367 e. The van der Waals surface area contributed by atoms with Crippen LogP contribution in [0.3, 0.4) is 0 Å². The lowest BCUT2D eigenvalue weighted by atomic mass is 10.1. The first kappa shape index (κ1) is 11.8. The summed E-state index contributed by atoms with van der Waals surface area (Å²) >= 11 is 0. The Balaban J connectivity index is 1.98. The van der Waals surface area contributed by atoms with E-state index in [1.807, 2.05) is 0 Å². The Bertz CT molecular complexity index is 402. The number of pyridine rings is 1. The van der Waals surface area contributed by atoms with Crippen molar-refractivity contribution in [1.82, 2.24) is 9.88 Å². The molecule has 17 heavy (non-hydrogen) atoms. The lowest BCUT2D eigenvalue weighted by Gasteiger charge is -2.29. The predicted octanol–water partition coefficient (Wildman–Crippen LogP) is 1.50. The van der Waals surface area contributed by atoms with Gasteiger partial charge in [0.05, 0.1) is 11.0 Å². The van der Waals surface area contributed by atoms with Crippen molar-refractivity contribution >= 4 is 11.5 Å². The minimum absolute atomic E-state index is 0.0791. The lowest BCUT2D eigenvalue weighted by Crippen LogP contribution is -2.36. The summed E-state index contributed by atoms with van der Waals surface area (Å²) in [5, 5.41) is 13.9. The molecule has 1 aromatic heterocycles. The summed E-state index contributed by atoms with van der Waals surface area (Å²) in [6.45, 7) is 2.10. The zero-order valence-corrected chi connectivity index (χ0v) is 9.80. The van der Waals surface area contributed by atoms with Crippen molar-refractivity contribution < 1.29 is 4.92 Å². The number of anilines is 1. The molecule has 0 bridgehead atoms. The summed E-state index contributed by atoms with van der Waals surface area (Å²) in [7, 11) is 2.10. The van der Waals surface area contributed by atoms with Crippen LogP contribution in [0.15, 0.2) is 18.3 Å². The van der Waals surface area contributed by atoms with Gasteiger partial charge in [-0.3, -0.25) is 10.1 Å². The van der Waals surface area contributed by atoms with Crippen LogP contribution in [0.4, 0.5) is 11.5 Å². The third kappa shape index (κ3) is 3.13. The monoisotopic (exact) mass is 236 g/mol. The SMILES string of the molecule is CN1CCC(Nc2cc([N+](=O)[O-])ccn2)CC1. The van der Waals surface area contributed by atoms with Gasteiger partial charge in [0.15, 0.2) is 0 Å². The van der Waals surface area contributed by atoms with Crippen molar-refractivity contribution in [3.8, 4) is 0 Å². The van der Waals surface area contributed by atoms with Gasteiger partial charge < -0.3 is 10.2 Å². The molecule has 0 aromatic carbocycles. The first-order valence-corrected chi connectivity index (χ1v) is 5.70. The molecule has 6 heteroatoms. The van der Waals surface area contributed by atoms with E-state index in [-0.39, 0.29) is 5.69 Å². The highest BCUT2D eigenvalue weighted by molar-refractivity contribution is 5.44. The average Bonchev–Trinajstić information content (AvgIpc) is 2.32. The molecule has 2 heterocycles. The summed E-state index contributed by atoms with van der Waals surface area (Å²) in [4.78, 5) is 16.6. The van der Waals surface area contributed by atoms with Crippen molar-refractivity contribution in [2.45, 2.75) is 18.9 Å². The van der Waals surface area contributed by atoms with Crippen LogP contribution in [-0.4, -0.2) is 41.0 Å². The van der Waals surface area contributed by atoms with Gasteiger partial charge in [-0.05, 0) is 33.0 Å². The van der Waals surface area contributed by atoms with Crippen LogP contribution in [0.2, 0.25) is 0 Å². The highest BCUT2D eigenvalue weighted by Gasteiger charge is 2.17. The van der Waals surface area contributed by atoms with E-state index < -0.39 is 4.92 Å². The number of aromatic nitrogens is 1. The van der Waals surface area contributed by atoms with Gasteiger partial charge in [-0.2, -0.15) is 0 Å². The Morgan fingerprint density at radius 1 is 1.53 bits per heavy atom. The second-order valence-corrected chi connectivity index (χ2v) is 4.38. The van der Waals surface area contributed by atoms with Crippen molar-refractivity contribution in [3.63, 3.8) is 0 Å². The summed E-state index contributed by atoms with van der Waals surface area (Å²) in [6.07, 6.45) is 3.55. The molecule has 0 radical (unpaired) electrons. The van der Waals surface area contributed by atoms with Gasteiger partial charge in [0.2, 0.25) is 0 Å².